The van der Waals surface area contributed by atoms with E-state index in [1.807, 2.05) is 6.07 Å². The summed E-state index contributed by atoms with van der Waals surface area (Å²) in [5.41, 5.74) is 1.48. The lowest BCUT2D eigenvalue weighted by atomic mass is 10.1. The number of thiazole rings is 1. The van der Waals surface area contributed by atoms with Crippen LogP contribution in [-0.2, 0) is 6.42 Å². The number of benzene rings is 2. The van der Waals surface area contributed by atoms with Gasteiger partial charge in [-0.3, -0.25) is 10.1 Å². The topological polar surface area (TPSA) is 51.2 Å². The summed E-state index contributed by atoms with van der Waals surface area (Å²) in [5, 5.41) is 4.67. The Morgan fingerprint density at radius 2 is 1.96 bits per heavy atom. The van der Waals surface area contributed by atoms with Crippen molar-refractivity contribution in [3.8, 4) is 5.75 Å². The number of amides is 1. The molecule has 146 valence electrons. The van der Waals surface area contributed by atoms with Crippen molar-refractivity contribution in [1.29, 1.82) is 0 Å². The van der Waals surface area contributed by atoms with E-state index in [0.29, 0.717) is 33.8 Å². The van der Waals surface area contributed by atoms with E-state index < -0.39 is 0 Å². The maximum absolute atomic E-state index is 12.4. The van der Waals surface area contributed by atoms with Gasteiger partial charge in [0.25, 0.3) is 5.91 Å². The Kier molecular flexibility index (Phi) is 7.31. The van der Waals surface area contributed by atoms with Gasteiger partial charge in [-0.25, -0.2) is 4.98 Å². The molecule has 0 aliphatic heterocycles. The number of unbranched alkanes of at least 4 members (excludes halogenated alkanes) is 1. The fourth-order valence-corrected chi connectivity index (χ4v) is 3.73. The van der Waals surface area contributed by atoms with Gasteiger partial charge in [0, 0.05) is 33.1 Å². The predicted molar refractivity (Wildman–Crippen MR) is 116 cm³/mol. The second kappa shape index (κ2) is 9.92. The lowest BCUT2D eigenvalue weighted by Crippen LogP contribution is -2.11. The van der Waals surface area contributed by atoms with Crippen molar-refractivity contribution in [2.75, 3.05) is 11.9 Å². The minimum absolute atomic E-state index is 0.207. The van der Waals surface area contributed by atoms with Crippen LogP contribution in [0.3, 0.4) is 0 Å². The van der Waals surface area contributed by atoms with Gasteiger partial charge in [0.1, 0.15) is 5.75 Å². The molecule has 3 rings (SSSR count). The third-order valence-electron chi connectivity index (χ3n) is 4.03. The van der Waals surface area contributed by atoms with E-state index in [1.54, 1.807) is 42.6 Å². The molecular weight excluding hydrogens is 415 g/mol. The summed E-state index contributed by atoms with van der Waals surface area (Å²) in [6, 6.07) is 12.5. The van der Waals surface area contributed by atoms with Gasteiger partial charge in [0.05, 0.1) is 6.61 Å². The molecule has 2 aromatic carbocycles. The molecule has 7 heteroatoms. The zero-order valence-corrected chi connectivity index (χ0v) is 17.7. The van der Waals surface area contributed by atoms with Crippen LogP contribution in [-0.4, -0.2) is 17.5 Å². The summed E-state index contributed by atoms with van der Waals surface area (Å²) in [7, 11) is 0. The summed E-state index contributed by atoms with van der Waals surface area (Å²) < 4.78 is 5.62. The van der Waals surface area contributed by atoms with Crippen LogP contribution in [0.15, 0.2) is 48.7 Å². The van der Waals surface area contributed by atoms with Gasteiger partial charge in [-0.1, -0.05) is 36.5 Å². The molecule has 0 bridgehead atoms. The van der Waals surface area contributed by atoms with Gasteiger partial charge in [0.2, 0.25) is 0 Å². The second-order valence-corrected chi connectivity index (χ2v) is 8.18. The zero-order valence-electron chi connectivity index (χ0n) is 15.4. The van der Waals surface area contributed by atoms with Gasteiger partial charge >= 0.3 is 0 Å². The van der Waals surface area contributed by atoms with Gasteiger partial charge in [-0.2, -0.15) is 0 Å². The molecular formula is C21H20Cl2N2O2S. The van der Waals surface area contributed by atoms with Crippen molar-refractivity contribution in [1.82, 2.24) is 4.98 Å². The smallest absolute Gasteiger partial charge is 0.257 e. The zero-order chi connectivity index (χ0) is 19.9. The Hall–Kier alpha value is -2.08. The number of anilines is 1. The molecule has 0 atom stereocenters. The summed E-state index contributed by atoms with van der Waals surface area (Å²) in [4.78, 5) is 17.7. The molecule has 1 amide bonds. The number of nitrogens with one attached hydrogen (secondary N) is 1. The van der Waals surface area contributed by atoms with Gasteiger partial charge in [-0.05, 0) is 54.4 Å². The average Bonchev–Trinajstić information content (AvgIpc) is 3.12. The molecule has 3 aromatic rings. The molecule has 28 heavy (non-hydrogen) atoms. The Morgan fingerprint density at radius 1 is 1.18 bits per heavy atom. The first kappa shape index (κ1) is 20.6. The third-order valence-corrected chi connectivity index (χ3v) is 5.55. The molecule has 0 spiro atoms. The number of hydrogen-bond donors (Lipinski definition) is 1. The van der Waals surface area contributed by atoms with Crippen molar-refractivity contribution >= 4 is 45.6 Å². The minimum Gasteiger partial charge on any atom is -0.494 e. The highest BCUT2D eigenvalue weighted by atomic mass is 35.5. The number of rotatable bonds is 8. The van der Waals surface area contributed by atoms with Crippen LogP contribution < -0.4 is 10.1 Å². The number of halogens is 2. The van der Waals surface area contributed by atoms with Crippen molar-refractivity contribution in [2.24, 2.45) is 0 Å². The fourth-order valence-electron chi connectivity index (χ4n) is 2.52. The van der Waals surface area contributed by atoms with E-state index in [1.165, 1.54) is 11.3 Å². The molecule has 4 nitrogen and oxygen atoms in total. The third kappa shape index (κ3) is 5.71. The Morgan fingerprint density at radius 3 is 2.71 bits per heavy atom. The maximum atomic E-state index is 12.4. The van der Waals surface area contributed by atoms with E-state index in [4.69, 9.17) is 27.9 Å². The highest BCUT2D eigenvalue weighted by Crippen LogP contribution is 2.27. The van der Waals surface area contributed by atoms with Crippen LogP contribution in [0.2, 0.25) is 10.0 Å². The number of carbonyl (C=O) groups is 1. The highest BCUT2D eigenvalue weighted by molar-refractivity contribution is 7.15. The lowest BCUT2D eigenvalue weighted by Gasteiger charge is -2.06. The lowest BCUT2D eigenvalue weighted by molar-refractivity contribution is 0.102. The largest absolute Gasteiger partial charge is 0.494 e. The molecule has 1 heterocycles. The number of carbonyl (C=O) groups excluding carboxylic acids is 1. The van der Waals surface area contributed by atoms with Crippen LogP contribution in [0.4, 0.5) is 5.13 Å². The van der Waals surface area contributed by atoms with Crippen molar-refractivity contribution in [3.05, 3.63) is 74.7 Å². The Bertz CT molecular complexity index is 942. The van der Waals surface area contributed by atoms with Gasteiger partial charge in [-0.15, -0.1) is 11.3 Å². The van der Waals surface area contributed by atoms with Crippen LogP contribution >= 0.6 is 34.5 Å². The average molecular weight is 435 g/mol. The maximum Gasteiger partial charge on any atom is 0.257 e. The second-order valence-electron chi connectivity index (χ2n) is 6.22. The molecule has 1 aromatic heterocycles. The van der Waals surface area contributed by atoms with E-state index in [2.05, 4.69) is 17.2 Å². The van der Waals surface area contributed by atoms with Crippen LogP contribution in [0.5, 0.6) is 5.75 Å². The number of hydrogen-bond acceptors (Lipinski definition) is 4. The van der Waals surface area contributed by atoms with E-state index in [-0.39, 0.29) is 5.91 Å². The normalized spacial score (nSPS) is 10.7. The molecule has 0 saturated carbocycles. The molecule has 0 unspecified atom stereocenters. The van der Waals surface area contributed by atoms with Crippen LogP contribution in [0, 0.1) is 0 Å². The van der Waals surface area contributed by atoms with Crippen molar-refractivity contribution in [2.45, 2.75) is 26.2 Å². The minimum atomic E-state index is -0.207. The van der Waals surface area contributed by atoms with Gasteiger partial charge in [0.15, 0.2) is 5.13 Å². The van der Waals surface area contributed by atoms with Crippen molar-refractivity contribution < 1.29 is 9.53 Å². The molecule has 0 fully saturated rings. The van der Waals surface area contributed by atoms with Gasteiger partial charge < -0.3 is 4.74 Å². The molecule has 0 saturated heterocycles. The van der Waals surface area contributed by atoms with Crippen LogP contribution in [0.1, 0.15) is 40.6 Å². The fraction of sp³-hybridized carbons (Fsp3) is 0.238. The Balaban J connectivity index is 1.60. The summed E-state index contributed by atoms with van der Waals surface area (Å²) in [5.74, 6) is 0.557. The summed E-state index contributed by atoms with van der Waals surface area (Å²) in [6.07, 6.45) is 4.44. The first-order chi connectivity index (χ1) is 13.5. The number of ether oxygens (including phenoxy) is 1. The van der Waals surface area contributed by atoms with Crippen molar-refractivity contribution in [3.63, 3.8) is 0 Å². The summed E-state index contributed by atoms with van der Waals surface area (Å²) in [6.45, 7) is 2.80. The highest BCUT2D eigenvalue weighted by Gasteiger charge is 2.11. The molecule has 0 radical (unpaired) electrons. The van der Waals surface area contributed by atoms with Crippen LogP contribution in [0.25, 0.3) is 0 Å². The molecule has 0 aliphatic carbocycles. The first-order valence-electron chi connectivity index (χ1n) is 8.98. The Labute approximate surface area is 178 Å². The quantitative estimate of drug-likeness (QED) is 0.413. The molecule has 0 aliphatic rings. The van der Waals surface area contributed by atoms with E-state index in [9.17, 15) is 4.79 Å². The van der Waals surface area contributed by atoms with E-state index >= 15 is 0 Å². The first-order valence-corrected chi connectivity index (χ1v) is 10.5. The monoisotopic (exact) mass is 434 g/mol. The SMILES string of the molecule is CCCCOc1ccc(C(=O)Nc2ncc(Cc3cc(Cl)ccc3Cl)s2)cc1. The molecule has 1 N–H and O–H groups in total. The number of nitrogens with zero attached hydrogens (tertiary/aromatic N) is 1. The summed E-state index contributed by atoms with van der Waals surface area (Å²) >= 11 is 13.7. The number of aromatic nitrogens is 1. The predicted octanol–water partition coefficient (Wildman–Crippen LogP) is 6.47. The standard InChI is InChI=1S/C21H20Cl2N2O2S/c1-2-3-10-27-17-7-4-14(5-8-17)20(26)25-21-24-13-18(28-21)12-15-11-16(22)6-9-19(15)23/h4-9,11,13H,2-3,10,12H2,1H3,(H,24,25,26). The van der Waals surface area contributed by atoms with E-state index in [0.717, 1.165) is 29.0 Å².